The van der Waals surface area contributed by atoms with E-state index in [0.29, 0.717) is 17.7 Å². The van der Waals surface area contributed by atoms with Gasteiger partial charge in [-0.2, -0.15) is 0 Å². The fourth-order valence-corrected chi connectivity index (χ4v) is 2.65. The quantitative estimate of drug-likeness (QED) is 0.773. The van der Waals surface area contributed by atoms with Gasteiger partial charge in [0.2, 0.25) is 0 Å². The first-order chi connectivity index (χ1) is 9.83. The third-order valence-electron chi connectivity index (χ3n) is 3.53. The minimum Gasteiger partial charge on any atom is -0.508 e. The van der Waals surface area contributed by atoms with Crippen LogP contribution in [-0.2, 0) is 0 Å². The molecule has 2 atom stereocenters. The summed E-state index contributed by atoms with van der Waals surface area (Å²) < 4.78 is 5.25. The molecular weight excluding hydrogens is 264 g/mol. The topological polar surface area (TPSA) is 44.7 Å². The van der Waals surface area contributed by atoms with Crippen LogP contribution in [0.2, 0.25) is 0 Å². The van der Waals surface area contributed by atoms with Crippen LogP contribution in [-0.4, -0.2) is 43.8 Å². The average Bonchev–Trinajstić information content (AvgIpc) is 2.37. The number of rotatable bonds is 8. The van der Waals surface area contributed by atoms with E-state index in [4.69, 9.17) is 4.74 Å². The summed E-state index contributed by atoms with van der Waals surface area (Å²) >= 11 is 0. The van der Waals surface area contributed by atoms with Crippen molar-refractivity contribution in [3.05, 3.63) is 23.8 Å². The zero-order valence-corrected chi connectivity index (χ0v) is 14.2. The van der Waals surface area contributed by atoms with E-state index in [1.807, 2.05) is 6.07 Å². The van der Waals surface area contributed by atoms with E-state index >= 15 is 0 Å². The largest absolute Gasteiger partial charge is 0.508 e. The van der Waals surface area contributed by atoms with Gasteiger partial charge in [0.15, 0.2) is 0 Å². The van der Waals surface area contributed by atoms with E-state index in [1.165, 1.54) is 0 Å². The van der Waals surface area contributed by atoms with Crippen LogP contribution >= 0.6 is 0 Å². The predicted octanol–water partition coefficient (Wildman–Crippen LogP) is 3.03. The lowest BCUT2D eigenvalue weighted by Crippen LogP contribution is -2.40. The number of benzene rings is 1. The third kappa shape index (κ3) is 5.94. The maximum absolute atomic E-state index is 10.1. The maximum atomic E-state index is 10.1. The Labute approximate surface area is 129 Å². The van der Waals surface area contributed by atoms with Crippen molar-refractivity contribution in [2.24, 2.45) is 5.92 Å². The van der Waals surface area contributed by atoms with Crippen molar-refractivity contribution in [2.45, 2.75) is 39.3 Å². The summed E-state index contributed by atoms with van der Waals surface area (Å²) in [7, 11) is 5.81. The van der Waals surface area contributed by atoms with Gasteiger partial charge in [0.1, 0.15) is 11.5 Å². The summed E-state index contributed by atoms with van der Waals surface area (Å²) in [4.78, 5) is 2.19. The van der Waals surface area contributed by atoms with Crippen LogP contribution in [0.4, 0.5) is 0 Å². The molecule has 0 aliphatic carbocycles. The molecule has 0 heterocycles. The monoisotopic (exact) mass is 294 g/mol. The minimum atomic E-state index is 0.0730. The summed E-state index contributed by atoms with van der Waals surface area (Å²) in [6.45, 7) is 7.53. The lowest BCUT2D eigenvalue weighted by molar-refractivity contribution is 0.289. The van der Waals surface area contributed by atoms with E-state index < -0.39 is 0 Å². The van der Waals surface area contributed by atoms with Gasteiger partial charge in [0.05, 0.1) is 7.11 Å². The van der Waals surface area contributed by atoms with Crippen LogP contribution in [0.1, 0.15) is 38.8 Å². The highest BCUT2D eigenvalue weighted by atomic mass is 16.5. The van der Waals surface area contributed by atoms with E-state index in [9.17, 15) is 5.11 Å². The second-order valence-corrected chi connectivity index (χ2v) is 6.40. The van der Waals surface area contributed by atoms with Crippen LogP contribution < -0.4 is 10.1 Å². The molecule has 120 valence electrons. The van der Waals surface area contributed by atoms with Gasteiger partial charge < -0.3 is 20.1 Å². The molecular formula is C17H30N2O2. The molecule has 1 rings (SSSR count). The maximum Gasteiger partial charge on any atom is 0.120 e. The third-order valence-corrected chi connectivity index (χ3v) is 3.53. The SMILES string of the molecule is COc1ccc(O)c(C(C)NC(CC(C)C)CN(C)C)c1. The lowest BCUT2D eigenvalue weighted by atomic mass is 10.0. The number of phenolic OH excluding ortho intramolecular Hbond substituents is 1. The van der Waals surface area contributed by atoms with Crippen LogP contribution in [0.3, 0.4) is 0 Å². The molecule has 1 aromatic carbocycles. The highest BCUT2D eigenvalue weighted by Gasteiger charge is 2.18. The summed E-state index contributed by atoms with van der Waals surface area (Å²) in [6.07, 6.45) is 1.10. The first-order valence-corrected chi connectivity index (χ1v) is 7.61. The minimum absolute atomic E-state index is 0.0730. The van der Waals surface area contributed by atoms with Gasteiger partial charge in [-0.3, -0.25) is 0 Å². The van der Waals surface area contributed by atoms with Crippen molar-refractivity contribution < 1.29 is 9.84 Å². The van der Waals surface area contributed by atoms with Crippen LogP contribution in [0.25, 0.3) is 0 Å². The average molecular weight is 294 g/mol. The number of likely N-dealkylation sites (N-methyl/N-ethyl adjacent to an activating group) is 1. The molecule has 4 heteroatoms. The van der Waals surface area contributed by atoms with E-state index in [1.54, 1.807) is 19.2 Å². The molecule has 0 aliphatic rings. The number of aromatic hydroxyl groups is 1. The second kappa shape index (κ2) is 8.25. The Balaban J connectivity index is 2.82. The predicted molar refractivity (Wildman–Crippen MR) is 88.0 cm³/mol. The van der Waals surface area contributed by atoms with Crippen molar-refractivity contribution in [2.75, 3.05) is 27.7 Å². The highest BCUT2D eigenvalue weighted by Crippen LogP contribution is 2.28. The van der Waals surface area contributed by atoms with Gasteiger partial charge in [-0.25, -0.2) is 0 Å². The van der Waals surface area contributed by atoms with Gasteiger partial charge in [0.25, 0.3) is 0 Å². The Morgan fingerprint density at radius 3 is 2.43 bits per heavy atom. The molecule has 0 bridgehead atoms. The smallest absolute Gasteiger partial charge is 0.120 e. The van der Waals surface area contributed by atoms with Crippen LogP contribution in [0.5, 0.6) is 11.5 Å². The molecule has 0 saturated heterocycles. The number of phenols is 1. The van der Waals surface area contributed by atoms with E-state index in [-0.39, 0.29) is 6.04 Å². The van der Waals surface area contributed by atoms with Crippen molar-refractivity contribution in [1.82, 2.24) is 10.2 Å². The molecule has 0 aromatic heterocycles. The van der Waals surface area contributed by atoms with Gasteiger partial charge >= 0.3 is 0 Å². The normalized spacial score (nSPS) is 14.5. The Morgan fingerprint density at radius 2 is 1.90 bits per heavy atom. The Kier molecular flexibility index (Phi) is 6.99. The Hall–Kier alpha value is -1.26. The first kappa shape index (κ1) is 17.8. The number of hydrogen-bond acceptors (Lipinski definition) is 4. The summed E-state index contributed by atoms with van der Waals surface area (Å²) in [5.74, 6) is 1.71. The van der Waals surface area contributed by atoms with Gasteiger partial charge in [0, 0.05) is 24.2 Å². The van der Waals surface area contributed by atoms with Crippen molar-refractivity contribution >= 4 is 0 Å². The van der Waals surface area contributed by atoms with Gasteiger partial charge in [-0.15, -0.1) is 0 Å². The van der Waals surface area contributed by atoms with Gasteiger partial charge in [-0.1, -0.05) is 13.8 Å². The summed E-state index contributed by atoms with van der Waals surface area (Å²) in [5, 5.41) is 13.7. The van der Waals surface area contributed by atoms with Crippen molar-refractivity contribution in [1.29, 1.82) is 0 Å². The Bertz CT molecular complexity index is 423. The molecule has 0 amide bonds. The Morgan fingerprint density at radius 1 is 1.24 bits per heavy atom. The van der Waals surface area contributed by atoms with Crippen molar-refractivity contribution in [3.8, 4) is 11.5 Å². The summed E-state index contributed by atoms with van der Waals surface area (Å²) in [6, 6.07) is 5.83. The van der Waals surface area contributed by atoms with Crippen LogP contribution in [0, 0.1) is 5.92 Å². The highest BCUT2D eigenvalue weighted by molar-refractivity contribution is 5.41. The number of ether oxygens (including phenoxy) is 1. The first-order valence-electron chi connectivity index (χ1n) is 7.61. The zero-order valence-electron chi connectivity index (χ0n) is 14.2. The lowest BCUT2D eigenvalue weighted by Gasteiger charge is -2.28. The molecule has 21 heavy (non-hydrogen) atoms. The standard InChI is InChI=1S/C17H30N2O2/c1-12(2)9-14(11-19(4)5)18-13(3)16-10-15(21-6)7-8-17(16)20/h7-8,10,12-14,18,20H,9,11H2,1-6H3. The second-order valence-electron chi connectivity index (χ2n) is 6.40. The molecule has 0 fully saturated rings. The molecule has 1 aromatic rings. The number of nitrogens with one attached hydrogen (secondary N) is 1. The fraction of sp³-hybridized carbons (Fsp3) is 0.647. The molecule has 0 spiro atoms. The van der Waals surface area contributed by atoms with Crippen LogP contribution in [0.15, 0.2) is 18.2 Å². The zero-order chi connectivity index (χ0) is 16.0. The molecule has 0 aliphatic heterocycles. The molecule has 0 radical (unpaired) electrons. The summed E-state index contributed by atoms with van der Waals surface area (Å²) in [5.41, 5.74) is 0.877. The van der Waals surface area contributed by atoms with E-state index in [0.717, 1.165) is 24.3 Å². The number of nitrogens with zero attached hydrogens (tertiary/aromatic N) is 1. The van der Waals surface area contributed by atoms with E-state index in [2.05, 4.69) is 45.1 Å². The van der Waals surface area contributed by atoms with Gasteiger partial charge in [-0.05, 0) is 51.6 Å². The number of hydrogen-bond donors (Lipinski definition) is 2. The molecule has 2 unspecified atom stereocenters. The molecule has 4 nitrogen and oxygen atoms in total. The fourth-order valence-electron chi connectivity index (χ4n) is 2.65. The molecule has 0 saturated carbocycles. The number of methoxy groups -OCH3 is 1. The van der Waals surface area contributed by atoms with Crippen molar-refractivity contribution in [3.63, 3.8) is 0 Å². The molecule has 2 N–H and O–H groups in total.